The number of hydrogen-bond acceptors (Lipinski definition) is 1. The molecule has 1 nitrogen and oxygen atoms in total. The topological polar surface area (TPSA) is 12.0 Å². The van der Waals surface area contributed by atoms with Crippen molar-refractivity contribution in [2.24, 2.45) is 0 Å². The number of halogens is 2. The maximum absolute atomic E-state index is 13.4. The van der Waals surface area contributed by atoms with Crippen molar-refractivity contribution in [3.63, 3.8) is 0 Å². The molecule has 0 aliphatic heterocycles. The van der Waals surface area contributed by atoms with Crippen LogP contribution in [-0.2, 0) is 6.42 Å². The standard InChI is InChI=1S/C17H19ClFN/c1-2-10-20-17(14-4-3-5-16(19)12-14)11-13-6-8-15(18)9-7-13/h3-9,12,17,20H,2,10-11H2,1H3. The van der Waals surface area contributed by atoms with Crippen molar-refractivity contribution in [3.05, 3.63) is 70.5 Å². The Kier molecular flexibility index (Phi) is 5.57. The van der Waals surface area contributed by atoms with E-state index in [2.05, 4.69) is 12.2 Å². The van der Waals surface area contributed by atoms with Crippen LogP contribution in [0.1, 0.15) is 30.5 Å². The molecule has 0 spiro atoms. The molecule has 0 aliphatic rings. The summed E-state index contributed by atoms with van der Waals surface area (Å²) >= 11 is 5.90. The normalized spacial score (nSPS) is 12.3. The summed E-state index contributed by atoms with van der Waals surface area (Å²) < 4.78 is 13.4. The van der Waals surface area contributed by atoms with Gasteiger partial charge in [-0.15, -0.1) is 0 Å². The van der Waals surface area contributed by atoms with Gasteiger partial charge in [-0.1, -0.05) is 42.8 Å². The number of nitrogens with one attached hydrogen (secondary N) is 1. The highest BCUT2D eigenvalue weighted by molar-refractivity contribution is 6.30. The van der Waals surface area contributed by atoms with Gasteiger partial charge in [0, 0.05) is 11.1 Å². The van der Waals surface area contributed by atoms with E-state index in [0.29, 0.717) is 0 Å². The summed E-state index contributed by atoms with van der Waals surface area (Å²) in [6, 6.07) is 14.7. The predicted molar refractivity (Wildman–Crippen MR) is 82.6 cm³/mol. The van der Waals surface area contributed by atoms with E-state index in [9.17, 15) is 4.39 Å². The van der Waals surface area contributed by atoms with E-state index < -0.39 is 0 Å². The first-order valence-corrected chi connectivity index (χ1v) is 7.30. The van der Waals surface area contributed by atoms with Gasteiger partial charge in [-0.2, -0.15) is 0 Å². The smallest absolute Gasteiger partial charge is 0.123 e. The van der Waals surface area contributed by atoms with Crippen LogP contribution in [0, 0.1) is 5.82 Å². The van der Waals surface area contributed by atoms with Gasteiger partial charge in [-0.25, -0.2) is 4.39 Å². The van der Waals surface area contributed by atoms with Crippen molar-refractivity contribution in [1.82, 2.24) is 5.32 Å². The quantitative estimate of drug-likeness (QED) is 0.809. The van der Waals surface area contributed by atoms with E-state index in [4.69, 9.17) is 11.6 Å². The second-order valence-corrected chi connectivity index (χ2v) is 5.33. The molecular weight excluding hydrogens is 273 g/mol. The Balaban J connectivity index is 2.16. The molecule has 3 heteroatoms. The van der Waals surface area contributed by atoms with Gasteiger partial charge in [0.15, 0.2) is 0 Å². The lowest BCUT2D eigenvalue weighted by Gasteiger charge is -2.19. The SMILES string of the molecule is CCCNC(Cc1ccc(Cl)cc1)c1cccc(F)c1. The third-order valence-electron chi connectivity index (χ3n) is 3.24. The van der Waals surface area contributed by atoms with Crippen molar-refractivity contribution >= 4 is 11.6 Å². The van der Waals surface area contributed by atoms with Crippen LogP contribution in [-0.4, -0.2) is 6.54 Å². The van der Waals surface area contributed by atoms with Crippen LogP contribution < -0.4 is 5.32 Å². The highest BCUT2D eigenvalue weighted by Crippen LogP contribution is 2.20. The molecule has 20 heavy (non-hydrogen) atoms. The zero-order chi connectivity index (χ0) is 14.4. The summed E-state index contributed by atoms with van der Waals surface area (Å²) in [6.07, 6.45) is 1.87. The Hall–Kier alpha value is -1.38. The zero-order valence-electron chi connectivity index (χ0n) is 11.6. The molecule has 0 aliphatic carbocycles. The number of rotatable bonds is 6. The van der Waals surface area contributed by atoms with Crippen LogP contribution in [0.4, 0.5) is 4.39 Å². The Labute approximate surface area is 124 Å². The maximum atomic E-state index is 13.4. The van der Waals surface area contributed by atoms with Crippen LogP contribution >= 0.6 is 11.6 Å². The average molecular weight is 292 g/mol. The second-order valence-electron chi connectivity index (χ2n) is 4.89. The molecule has 0 saturated heterocycles. The Morgan fingerprint density at radius 1 is 1.15 bits per heavy atom. The first-order valence-electron chi connectivity index (χ1n) is 6.92. The molecule has 0 amide bonds. The molecule has 0 aromatic heterocycles. The monoisotopic (exact) mass is 291 g/mol. The predicted octanol–water partition coefficient (Wildman–Crippen LogP) is 4.76. The van der Waals surface area contributed by atoms with Crippen molar-refractivity contribution < 1.29 is 4.39 Å². The minimum atomic E-state index is -0.193. The van der Waals surface area contributed by atoms with Gasteiger partial charge in [0.25, 0.3) is 0 Å². The lowest BCUT2D eigenvalue weighted by atomic mass is 9.98. The van der Waals surface area contributed by atoms with E-state index in [1.807, 2.05) is 30.3 Å². The van der Waals surface area contributed by atoms with Crippen LogP contribution in [0.25, 0.3) is 0 Å². The highest BCUT2D eigenvalue weighted by atomic mass is 35.5. The maximum Gasteiger partial charge on any atom is 0.123 e. The lowest BCUT2D eigenvalue weighted by molar-refractivity contribution is 0.524. The van der Waals surface area contributed by atoms with Crippen LogP contribution in [0.15, 0.2) is 48.5 Å². The van der Waals surface area contributed by atoms with Gasteiger partial charge >= 0.3 is 0 Å². The van der Waals surface area contributed by atoms with Gasteiger partial charge in [0.05, 0.1) is 0 Å². The molecule has 0 fully saturated rings. The molecule has 0 saturated carbocycles. The second kappa shape index (κ2) is 7.41. The molecule has 2 aromatic rings. The van der Waals surface area contributed by atoms with E-state index in [0.717, 1.165) is 30.0 Å². The van der Waals surface area contributed by atoms with Gasteiger partial charge in [-0.05, 0) is 54.8 Å². The van der Waals surface area contributed by atoms with Gasteiger partial charge in [0.2, 0.25) is 0 Å². The lowest BCUT2D eigenvalue weighted by Crippen LogP contribution is -2.24. The molecular formula is C17H19ClFN. The third-order valence-corrected chi connectivity index (χ3v) is 3.50. The molecule has 1 unspecified atom stereocenters. The molecule has 2 aromatic carbocycles. The third kappa shape index (κ3) is 4.32. The summed E-state index contributed by atoms with van der Waals surface area (Å²) in [4.78, 5) is 0. The molecule has 2 rings (SSSR count). The number of hydrogen-bond donors (Lipinski definition) is 1. The first kappa shape index (κ1) is 15.0. The summed E-state index contributed by atoms with van der Waals surface area (Å²) in [6.45, 7) is 3.03. The average Bonchev–Trinajstić information content (AvgIpc) is 2.45. The van der Waals surface area contributed by atoms with E-state index in [1.54, 1.807) is 12.1 Å². The fourth-order valence-corrected chi connectivity index (χ4v) is 2.33. The van der Waals surface area contributed by atoms with Gasteiger partial charge < -0.3 is 5.32 Å². The Bertz CT molecular complexity index is 539. The molecule has 0 heterocycles. The van der Waals surface area contributed by atoms with E-state index in [1.165, 1.54) is 11.6 Å². The minimum absolute atomic E-state index is 0.117. The number of benzene rings is 2. The summed E-state index contributed by atoms with van der Waals surface area (Å²) in [5, 5.41) is 4.21. The molecule has 1 N–H and O–H groups in total. The first-order chi connectivity index (χ1) is 9.69. The molecule has 0 radical (unpaired) electrons. The van der Waals surface area contributed by atoms with Crippen molar-refractivity contribution in [2.45, 2.75) is 25.8 Å². The fraction of sp³-hybridized carbons (Fsp3) is 0.294. The summed E-state index contributed by atoms with van der Waals surface area (Å²) in [5.74, 6) is -0.193. The van der Waals surface area contributed by atoms with Gasteiger partial charge in [0.1, 0.15) is 5.82 Å². The Morgan fingerprint density at radius 3 is 2.55 bits per heavy atom. The van der Waals surface area contributed by atoms with Gasteiger partial charge in [-0.3, -0.25) is 0 Å². The molecule has 106 valence electrons. The van der Waals surface area contributed by atoms with E-state index in [-0.39, 0.29) is 11.9 Å². The van der Waals surface area contributed by atoms with Crippen LogP contribution in [0.5, 0.6) is 0 Å². The van der Waals surface area contributed by atoms with Crippen molar-refractivity contribution in [1.29, 1.82) is 0 Å². The zero-order valence-corrected chi connectivity index (χ0v) is 12.3. The van der Waals surface area contributed by atoms with E-state index >= 15 is 0 Å². The minimum Gasteiger partial charge on any atom is -0.310 e. The van der Waals surface area contributed by atoms with Crippen molar-refractivity contribution in [3.8, 4) is 0 Å². The van der Waals surface area contributed by atoms with Crippen LogP contribution in [0.3, 0.4) is 0 Å². The Morgan fingerprint density at radius 2 is 1.90 bits per heavy atom. The molecule has 1 atom stereocenters. The highest BCUT2D eigenvalue weighted by Gasteiger charge is 2.12. The largest absolute Gasteiger partial charge is 0.310 e. The summed E-state index contributed by atoms with van der Waals surface area (Å²) in [5.41, 5.74) is 2.17. The fourth-order valence-electron chi connectivity index (χ4n) is 2.21. The summed E-state index contributed by atoms with van der Waals surface area (Å²) in [7, 11) is 0. The van der Waals surface area contributed by atoms with Crippen LogP contribution in [0.2, 0.25) is 5.02 Å². The van der Waals surface area contributed by atoms with Crippen molar-refractivity contribution in [2.75, 3.05) is 6.54 Å². The molecule has 0 bridgehead atoms.